The van der Waals surface area contributed by atoms with Gasteiger partial charge in [0.1, 0.15) is 11.4 Å². The molecule has 3 fully saturated rings. The van der Waals surface area contributed by atoms with Gasteiger partial charge in [-0.05, 0) is 51.7 Å². The van der Waals surface area contributed by atoms with E-state index in [1.165, 1.54) is 0 Å². The van der Waals surface area contributed by atoms with E-state index in [4.69, 9.17) is 4.74 Å². The van der Waals surface area contributed by atoms with E-state index >= 15 is 0 Å². The molecular weight excluding hydrogens is 450 g/mol. The number of amides is 4. The predicted octanol–water partition coefficient (Wildman–Crippen LogP) is 1.90. The van der Waals surface area contributed by atoms with E-state index in [-0.39, 0.29) is 35.7 Å². The van der Waals surface area contributed by atoms with Crippen molar-refractivity contribution in [2.45, 2.75) is 58.0 Å². The Bertz CT molecular complexity index is 957. The number of nitrogens with one attached hydrogen (secondary N) is 1. The molecular formula is C25H35N5O5. The maximum absolute atomic E-state index is 13.1. The number of rotatable bonds is 3. The Morgan fingerprint density at radius 3 is 2.20 bits per heavy atom. The molecule has 35 heavy (non-hydrogen) atoms. The molecule has 3 aliphatic rings. The van der Waals surface area contributed by atoms with E-state index in [9.17, 15) is 19.2 Å². The molecule has 0 radical (unpaired) electrons. The van der Waals surface area contributed by atoms with Crippen LogP contribution in [0.3, 0.4) is 0 Å². The fraction of sp³-hybridized carbons (Fsp3) is 0.640. The summed E-state index contributed by atoms with van der Waals surface area (Å²) in [6.45, 7) is 9.05. The number of ether oxygens (including phenoxy) is 1. The highest BCUT2D eigenvalue weighted by atomic mass is 16.6. The fourth-order valence-electron chi connectivity index (χ4n) is 4.85. The molecule has 1 N–H and O–H groups in total. The number of hydrogen-bond acceptors (Lipinski definition) is 7. The Balaban J connectivity index is 1.24. The van der Waals surface area contributed by atoms with Gasteiger partial charge >= 0.3 is 6.09 Å². The van der Waals surface area contributed by atoms with Crippen molar-refractivity contribution >= 4 is 29.6 Å². The lowest BCUT2D eigenvalue weighted by Crippen LogP contribution is -2.53. The van der Waals surface area contributed by atoms with Crippen molar-refractivity contribution in [3.05, 3.63) is 23.9 Å². The summed E-state index contributed by atoms with van der Waals surface area (Å²) < 4.78 is 5.43. The SMILES string of the molecule is CC(C)(C)OC(=O)N1CCN(C(=O)C2CCN(c3ccc([C@@H]4CCC(=O)NC4=O)cn3)CC2)CC1. The highest BCUT2D eigenvalue weighted by Crippen LogP contribution is 2.28. The van der Waals surface area contributed by atoms with Gasteiger partial charge in [0.2, 0.25) is 17.7 Å². The zero-order valence-electron chi connectivity index (χ0n) is 20.8. The minimum absolute atomic E-state index is 0.0259. The van der Waals surface area contributed by atoms with Gasteiger partial charge in [-0.1, -0.05) is 6.07 Å². The average Bonchev–Trinajstić information content (AvgIpc) is 2.83. The minimum Gasteiger partial charge on any atom is -0.444 e. The van der Waals surface area contributed by atoms with E-state index in [0.717, 1.165) is 37.3 Å². The van der Waals surface area contributed by atoms with Crippen LogP contribution in [0.25, 0.3) is 0 Å². The third kappa shape index (κ3) is 6.10. The van der Waals surface area contributed by atoms with Crippen LogP contribution >= 0.6 is 0 Å². The second kappa shape index (κ2) is 10.2. The largest absolute Gasteiger partial charge is 0.444 e. The molecule has 3 saturated heterocycles. The van der Waals surface area contributed by atoms with Crippen molar-refractivity contribution in [1.29, 1.82) is 0 Å². The second-order valence-electron chi connectivity index (χ2n) is 10.5. The number of piperazine rings is 1. The van der Waals surface area contributed by atoms with Gasteiger partial charge in [-0.25, -0.2) is 9.78 Å². The molecule has 1 aromatic heterocycles. The van der Waals surface area contributed by atoms with E-state index in [1.54, 1.807) is 11.1 Å². The Morgan fingerprint density at radius 2 is 1.63 bits per heavy atom. The van der Waals surface area contributed by atoms with Crippen LogP contribution in [0, 0.1) is 5.92 Å². The molecule has 4 heterocycles. The Hall–Kier alpha value is -3.17. The van der Waals surface area contributed by atoms with Gasteiger partial charge < -0.3 is 19.4 Å². The van der Waals surface area contributed by atoms with Crippen LogP contribution in [0.4, 0.5) is 10.6 Å². The first-order valence-corrected chi connectivity index (χ1v) is 12.4. The number of pyridine rings is 1. The van der Waals surface area contributed by atoms with Gasteiger partial charge in [-0.15, -0.1) is 0 Å². The molecule has 1 atom stereocenters. The summed E-state index contributed by atoms with van der Waals surface area (Å²) >= 11 is 0. The first-order valence-electron chi connectivity index (χ1n) is 12.4. The van der Waals surface area contributed by atoms with Gasteiger partial charge in [-0.2, -0.15) is 0 Å². The normalized spacial score (nSPS) is 22.1. The lowest BCUT2D eigenvalue weighted by atomic mass is 9.91. The molecule has 0 aliphatic carbocycles. The van der Waals surface area contributed by atoms with Crippen molar-refractivity contribution < 1.29 is 23.9 Å². The summed E-state index contributed by atoms with van der Waals surface area (Å²) in [5, 5.41) is 2.39. The summed E-state index contributed by atoms with van der Waals surface area (Å²) in [6.07, 6.45) is 3.75. The molecule has 0 bridgehead atoms. The quantitative estimate of drug-likeness (QED) is 0.651. The van der Waals surface area contributed by atoms with E-state index in [2.05, 4.69) is 15.2 Å². The highest BCUT2D eigenvalue weighted by Gasteiger charge is 2.33. The molecule has 0 saturated carbocycles. The number of piperidine rings is 2. The van der Waals surface area contributed by atoms with Crippen molar-refractivity contribution in [3.63, 3.8) is 0 Å². The first kappa shape index (κ1) is 24.9. The zero-order valence-corrected chi connectivity index (χ0v) is 20.8. The molecule has 3 aliphatic heterocycles. The predicted molar refractivity (Wildman–Crippen MR) is 129 cm³/mol. The number of hydrogen-bond donors (Lipinski definition) is 1. The molecule has 0 aromatic carbocycles. The monoisotopic (exact) mass is 485 g/mol. The van der Waals surface area contributed by atoms with E-state index in [0.29, 0.717) is 39.0 Å². The first-order chi connectivity index (χ1) is 16.6. The molecule has 0 unspecified atom stereocenters. The summed E-state index contributed by atoms with van der Waals surface area (Å²) in [5.74, 6) is 0.142. The molecule has 4 amide bonds. The van der Waals surface area contributed by atoms with E-state index < -0.39 is 5.60 Å². The van der Waals surface area contributed by atoms with Crippen molar-refractivity contribution in [2.75, 3.05) is 44.2 Å². The number of carbonyl (C=O) groups excluding carboxylic acids is 4. The lowest BCUT2D eigenvalue weighted by molar-refractivity contribution is -0.138. The van der Waals surface area contributed by atoms with Gasteiger partial charge in [0.15, 0.2) is 0 Å². The molecule has 10 nitrogen and oxygen atoms in total. The molecule has 4 rings (SSSR count). The van der Waals surface area contributed by atoms with Crippen LogP contribution < -0.4 is 10.2 Å². The fourth-order valence-corrected chi connectivity index (χ4v) is 4.85. The van der Waals surface area contributed by atoms with Crippen LogP contribution in [-0.4, -0.2) is 83.5 Å². The number of nitrogens with zero attached hydrogens (tertiary/aromatic N) is 4. The third-order valence-corrected chi connectivity index (χ3v) is 6.82. The van der Waals surface area contributed by atoms with Gasteiger partial charge in [0, 0.05) is 57.8 Å². The summed E-state index contributed by atoms with van der Waals surface area (Å²) in [6, 6.07) is 3.82. The zero-order chi connectivity index (χ0) is 25.2. The standard InChI is InChI=1S/C25H35N5O5/c1-25(2,3)35-24(34)30-14-12-29(13-15-30)23(33)17-8-10-28(11-9-17)20-6-4-18(16-26-20)19-5-7-21(31)27-22(19)32/h4,6,16-17,19H,5,7-15H2,1-3H3,(H,27,31,32)/t19-/m0/s1. The number of aromatic nitrogens is 1. The Kier molecular flexibility index (Phi) is 7.28. The summed E-state index contributed by atoms with van der Waals surface area (Å²) in [4.78, 5) is 59.1. The summed E-state index contributed by atoms with van der Waals surface area (Å²) in [5.41, 5.74) is 0.285. The maximum atomic E-state index is 13.1. The van der Waals surface area contributed by atoms with Crippen LogP contribution in [0.5, 0.6) is 0 Å². The number of carbonyl (C=O) groups is 4. The number of anilines is 1. The highest BCUT2D eigenvalue weighted by molar-refractivity contribution is 6.00. The Morgan fingerprint density at radius 1 is 0.971 bits per heavy atom. The second-order valence-corrected chi connectivity index (χ2v) is 10.5. The van der Waals surface area contributed by atoms with Gasteiger partial charge in [0.05, 0.1) is 5.92 Å². The third-order valence-electron chi connectivity index (χ3n) is 6.82. The van der Waals surface area contributed by atoms with Crippen LogP contribution in [0.15, 0.2) is 18.3 Å². The van der Waals surface area contributed by atoms with Gasteiger partial charge in [-0.3, -0.25) is 19.7 Å². The molecule has 190 valence electrons. The van der Waals surface area contributed by atoms with Crippen LogP contribution in [0.2, 0.25) is 0 Å². The van der Waals surface area contributed by atoms with Gasteiger partial charge in [0.25, 0.3) is 0 Å². The molecule has 1 aromatic rings. The molecule has 0 spiro atoms. The average molecular weight is 486 g/mol. The number of imide groups is 1. The van der Waals surface area contributed by atoms with Crippen molar-refractivity contribution in [3.8, 4) is 0 Å². The van der Waals surface area contributed by atoms with Crippen molar-refractivity contribution in [2.24, 2.45) is 5.92 Å². The van der Waals surface area contributed by atoms with Crippen LogP contribution in [0.1, 0.15) is 57.9 Å². The molecule has 10 heteroatoms. The van der Waals surface area contributed by atoms with E-state index in [1.807, 2.05) is 37.8 Å². The lowest BCUT2D eigenvalue weighted by Gasteiger charge is -2.39. The van der Waals surface area contributed by atoms with Crippen LogP contribution in [-0.2, 0) is 19.1 Å². The maximum Gasteiger partial charge on any atom is 0.410 e. The smallest absolute Gasteiger partial charge is 0.410 e. The summed E-state index contributed by atoms with van der Waals surface area (Å²) in [7, 11) is 0. The van der Waals surface area contributed by atoms with Crippen molar-refractivity contribution in [1.82, 2.24) is 20.1 Å². The minimum atomic E-state index is -0.530. The Labute approximate surface area is 206 Å². The topological polar surface area (TPSA) is 112 Å².